The van der Waals surface area contributed by atoms with Gasteiger partial charge in [0.2, 0.25) is 0 Å². The van der Waals surface area contributed by atoms with Gasteiger partial charge in [-0.1, -0.05) is 6.92 Å². The molecule has 4 nitrogen and oxygen atoms in total. The minimum atomic E-state index is -0.271. The van der Waals surface area contributed by atoms with Gasteiger partial charge in [-0.05, 0) is 19.4 Å². The van der Waals surface area contributed by atoms with Crippen LogP contribution in [0.1, 0.15) is 20.3 Å². The van der Waals surface area contributed by atoms with Crippen LogP contribution in [-0.4, -0.2) is 29.3 Å². The largest absolute Gasteiger partial charge is 0.394 e. The number of nitrogens with one attached hydrogen (secondary N) is 2. The Hall–Kier alpha value is -1.29. The van der Waals surface area contributed by atoms with E-state index in [9.17, 15) is 5.11 Å². The Kier molecular flexibility index (Phi) is 3.91. The highest BCUT2D eigenvalue weighted by molar-refractivity contribution is 5.52. The molecular formula is C11H19N3O. The minimum absolute atomic E-state index is 0.112. The second kappa shape index (κ2) is 4.98. The first-order chi connectivity index (χ1) is 7.13. The van der Waals surface area contributed by atoms with Gasteiger partial charge in [-0.2, -0.15) is 0 Å². The molecule has 0 fully saturated rings. The molecule has 15 heavy (non-hydrogen) atoms. The van der Waals surface area contributed by atoms with E-state index in [1.54, 1.807) is 6.20 Å². The Balaban J connectivity index is 2.79. The summed E-state index contributed by atoms with van der Waals surface area (Å²) in [6.45, 7) is 4.15. The van der Waals surface area contributed by atoms with Crippen LogP contribution in [0.25, 0.3) is 0 Å². The van der Waals surface area contributed by atoms with E-state index in [2.05, 4.69) is 15.6 Å². The molecule has 1 aromatic heterocycles. The quantitative estimate of drug-likeness (QED) is 0.691. The average Bonchev–Trinajstić information content (AvgIpc) is 2.29. The highest BCUT2D eigenvalue weighted by Gasteiger charge is 2.20. The van der Waals surface area contributed by atoms with E-state index in [1.807, 2.05) is 33.0 Å². The van der Waals surface area contributed by atoms with Crippen molar-refractivity contribution in [2.24, 2.45) is 0 Å². The first kappa shape index (κ1) is 11.8. The zero-order valence-corrected chi connectivity index (χ0v) is 9.54. The van der Waals surface area contributed by atoms with Crippen LogP contribution in [-0.2, 0) is 0 Å². The summed E-state index contributed by atoms with van der Waals surface area (Å²) in [6.07, 6.45) is 2.60. The van der Waals surface area contributed by atoms with Gasteiger partial charge in [-0.3, -0.25) is 0 Å². The van der Waals surface area contributed by atoms with Gasteiger partial charge in [0.15, 0.2) is 0 Å². The first-order valence-electron chi connectivity index (χ1n) is 5.16. The normalized spacial score (nSPS) is 14.4. The number of aromatic nitrogens is 1. The van der Waals surface area contributed by atoms with Crippen molar-refractivity contribution in [2.45, 2.75) is 25.8 Å². The smallest absolute Gasteiger partial charge is 0.127 e. The van der Waals surface area contributed by atoms with Crippen LogP contribution < -0.4 is 10.6 Å². The van der Waals surface area contributed by atoms with Crippen molar-refractivity contribution in [2.75, 3.05) is 24.3 Å². The molecule has 0 radical (unpaired) electrons. The van der Waals surface area contributed by atoms with Crippen LogP contribution in [0, 0.1) is 0 Å². The third-order valence-electron chi connectivity index (χ3n) is 2.59. The van der Waals surface area contributed by atoms with Crippen molar-refractivity contribution in [3.63, 3.8) is 0 Å². The SMILES string of the molecule is CCC(C)(CO)Nc1ccnc(NC)c1. The molecule has 0 aliphatic rings. The Morgan fingerprint density at radius 1 is 1.53 bits per heavy atom. The third kappa shape index (κ3) is 3.09. The summed E-state index contributed by atoms with van der Waals surface area (Å²) in [5.74, 6) is 0.816. The predicted molar refractivity (Wildman–Crippen MR) is 63.2 cm³/mol. The van der Waals surface area contributed by atoms with Gasteiger partial charge in [0, 0.05) is 25.0 Å². The molecule has 84 valence electrons. The fourth-order valence-electron chi connectivity index (χ4n) is 1.23. The van der Waals surface area contributed by atoms with Crippen molar-refractivity contribution >= 4 is 11.5 Å². The summed E-state index contributed by atoms with van der Waals surface area (Å²) in [4.78, 5) is 4.13. The molecule has 1 heterocycles. The number of pyridine rings is 1. The predicted octanol–water partition coefficient (Wildman–Crippen LogP) is 1.70. The monoisotopic (exact) mass is 209 g/mol. The van der Waals surface area contributed by atoms with Crippen molar-refractivity contribution in [1.82, 2.24) is 4.98 Å². The van der Waals surface area contributed by atoms with Crippen LogP contribution in [0.15, 0.2) is 18.3 Å². The number of rotatable bonds is 5. The van der Waals surface area contributed by atoms with E-state index < -0.39 is 0 Å². The molecule has 0 saturated heterocycles. The molecule has 1 atom stereocenters. The van der Waals surface area contributed by atoms with Crippen LogP contribution in [0.3, 0.4) is 0 Å². The number of aliphatic hydroxyl groups is 1. The number of anilines is 2. The molecule has 0 spiro atoms. The average molecular weight is 209 g/mol. The van der Waals surface area contributed by atoms with Gasteiger partial charge in [0.05, 0.1) is 12.1 Å². The van der Waals surface area contributed by atoms with Gasteiger partial charge in [0.25, 0.3) is 0 Å². The molecule has 4 heteroatoms. The van der Waals surface area contributed by atoms with Gasteiger partial charge in [-0.25, -0.2) is 4.98 Å². The molecule has 0 saturated carbocycles. The van der Waals surface area contributed by atoms with E-state index in [0.29, 0.717) is 0 Å². The first-order valence-corrected chi connectivity index (χ1v) is 5.16. The second-order valence-corrected chi connectivity index (χ2v) is 3.88. The maximum atomic E-state index is 9.28. The lowest BCUT2D eigenvalue weighted by Crippen LogP contribution is -2.37. The van der Waals surface area contributed by atoms with Crippen molar-refractivity contribution < 1.29 is 5.11 Å². The second-order valence-electron chi connectivity index (χ2n) is 3.88. The number of hydrogen-bond acceptors (Lipinski definition) is 4. The van der Waals surface area contributed by atoms with Crippen molar-refractivity contribution in [1.29, 1.82) is 0 Å². The van der Waals surface area contributed by atoms with E-state index in [1.165, 1.54) is 0 Å². The minimum Gasteiger partial charge on any atom is -0.394 e. The fourth-order valence-corrected chi connectivity index (χ4v) is 1.23. The van der Waals surface area contributed by atoms with Gasteiger partial charge < -0.3 is 15.7 Å². The van der Waals surface area contributed by atoms with Crippen molar-refractivity contribution in [3.05, 3.63) is 18.3 Å². The highest BCUT2D eigenvalue weighted by atomic mass is 16.3. The summed E-state index contributed by atoms with van der Waals surface area (Å²) in [6, 6.07) is 3.81. The summed E-state index contributed by atoms with van der Waals surface area (Å²) in [5, 5.41) is 15.6. The summed E-state index contributed by atoms with van der Waals surface area (Å²) < 4.78 is 0. The van der Waals surface area contributed by atoms with Crippen LogP contribution in [0.5, 0.6) is 0 Å². The maximum absolute atomic E-state index is 9.28. The molecule has 0 aromatic carbocycles. The van der Waals surface area contributed by atoms with E-state index >= 15 is 0 Å². The van der Waals surface area contributed by atoms with Gasteiger partial charge in [0.1, 0.15) is 5.82 Å². The van der Waals surface area contributed by atoms with Crippen LogP contribution in [0.4, 0.5) is 11.5 Å². The van der Waals surface area contributed by atoms with E-state index in [0.717, 1.165) is 17.9 Å². The Morgan fingerprint density at radius 2 is 2.27 bits per heavy atom. The van der Waals surface area contributed by atoms with Crippen molar-refractivity contribution in [3.8, 4) is 0 Å². The molecule has 0 aliphatic heterocycles. The Labute approximate surface area is 90.7 Å². The molecule has 0 amide bonds. The number of hydrogen-bond donors (Lipinski definition) is 3. The Morgan fingerprint density at radius 3 is 2.80 bits per heavy atom. The molecule has 0 bridgehead atoms. The zero-order valence-electron chi connectivity index (χ0n) is 9.54. The zero-order chi connectivity index (χ0) is 11.3. The van der Waals surface area contributed by atoms with Gasteiger partial charge in [-0.15, -0.1) is 0 Å². The summed E-state index contributed by atoms with van der Waals surface area (Å²) >= 11 is 0. The van der Waals surface area contributed by atoms with Gasteiger partial charge >= 0.3 is 0 Å². The maximum Gasteiger partial charge on any atom is 0.127 e. The molecule has 3 N–H and O–H groups in total. The Bertz CT molecular complexity index is 310. The molecule has 0 aliphatic carbocycles. The lowest BCUT2D eigenvalue weighted by Gasteiger charge is -2.28. The standard InChI is InChI=1S/C11H19N3O/c1-4-11(2,8-15)14-9-5-6-13-10(7-9)12-3/h5-7,15H,4,8H2,1-3H3,(H2,12,13,14). The topological polar surface area (TPSA) is 57.2 Å². The van der Waals surface area contributed by atoms with Crippen LogP contribution >= 0.6 is 0 Å². The highest BCUT2D eigenvalue weighted by Crippen LogP contribution is 2.19. The molecular weight excluding hydrogens is 190 g/mol. The summed E-state index contributed by atoms with van der Waals surface area (Å²) in [5.41, 5.74) is 0.694. The van der Waals surface area contributed by atoms with E-state index in [4.69, 9.17) is 0 Å². The lowest BCUT2D eigenvalue weighted by molar-refractivity contribution is 0.219. The fraction of sp³-hybridized carbons (Fsp3) is 0.545. The number of aliphatic hydroxyl groups excluding tert-OH is 1. The molecule has 1 rings (SSSR count). The number of nitrogens with zero attached hydrogens (tertiary/aromatic N) is 1. The molecule has 1 unspecified atom stereocenters. The van der Waals surface area contributed by atoms with E-state index in [-0.39, 0.29) is 12.1 Å². The molecule has 1 aromatic rings. The third-order valence-corrected chi connectivity index (χ3v) is 2.59. The van der Waals surface area contributed by atoms with Crippen LogP contribution in [0.2, 0.25) is 0 Å². The lowest BCUT2D eigenvalue weighted by atomic mass is 10.00. The summed E-state index contributed by atoms with van der Waals surface area (Å²) in [7, 11) is 1.83.